The topological polar surface area (TPSA) is 60.4 Å². The van der Waals surface area contributed by atoms with Gasteiger partial charge < -0.3 is 4.43 Å². The molecule has 1 aromatic carbocycles. The Kier molecular flexibility index (Phi) is 5.62. The lowest BCUT2D eigenvalue weighted by Gasteiger charge is -2.66. The van der Waals surface area contributed by atoms with E-state index in [1.54, 1.807) is 24.3 Å². The predicted molar refractivity (Wildman–Crippen MR) is 140 cm³/mol. The molecule has 0 saturated heterocycles. The molecule has 34 heavy (non-hydrogen) atoms. The highest BCUT2D eigenvalue weighted by molar-refractivity contribution is 7.93. The third kappa shape index (κ3) is 3.17. The minimum atomic E-state index is -3.95. The van der Waals surface area contributed by atoms with Gasteiger partial charge in [-0.2, -0.15) is 0 Å². The van der Waals surface area contributed by atoms with Gasteiger partial charge in [-0.25, -0.2) is 8.42 Å². The Morgan fingerprint density at radius 1 is 1.09 bits per heavy atom. The van der Waals surface area contributed by atoms with Crippen LogP contribution in [-0.2, 0) is 19.1 Å². The molecule has 0 bridgehead atoms. The molecule has 0 unspecified atom stereocenters. The molecule has 0 aromatic heterocycles. The Morgan fingerprint density at radius 3 is 2.15 bits per heavy atom. The largest absolute Gasteiger partial charge is 0.404 e. The summed E-state index contributed by atoms with van der Waals surface area (Å²) < 4.78 is 34.6. The number of carbonyl (C=O) groups excluding carboxylic acids is 1. The standard InChI is InChI=1S/C28H42O4SSi/c1-20(2)25(6)17-21-18-26(7)15-16-28(26,32-34(8,9)24(3,4)5)23(29)27(21,19-25)33(30,31)22-13-11-10-12-14-22/h10-14,21H,1,15-19H2,2-9H3/t21-,25-,26-,27+,28-/m0/s1. The molecule has 0 spiro atoms. The summed E-state index contributed by atoms with van der Waals surface area (Å²) in [6, 6.07) is 8.58. The summed E-state index contributed by atoms with van der Waals surface area (Å²) in [5, 5.41) is -0.0806. The molecule has 5 atom stereocenters. The molecule has 0 N–H and O–H groups in total. The lowest BCUT2D eigenvalue weighted by atomic mass is 9.47. The van der Waals surface area contributed by atoms with Crippen molar-refractivity contribution in [1.82, 2.24) is 0 Å². The number of sulfone groups is 1. The van der Waals surface area contributed by atoms with Crippen molar-refractivity contribution in [3.8, 4) is 0 Å². The first-order valence-electron chi connectivity index (χ1n) is 12.6. The highest BCUT2D eigenvalue weighted by Crippen LogP contribution is 2.70. The zero-order chi connectivity index (χ0) is 25.6. The molecular weight excluding hydrogens is 460 g/mol. The quantitative estimate of drug-likeness (QED) is 0.331. The number of ketones is 1. The van der Waals surface area contributed by atoms with Gasteiger partial charge in [0.2, 0.25) is 0 Å². The molecule has 3 saturated carbocycles. The van der Waals surface area contributed by atoms with E-state index in [1.165, 1.54) is 0 Å². The van der Waals surface area contributed by atoms with Crippen molar-refractivity contribution < 1.29 is 17.6 Å². The number of hydrogen-bond donors (Lipinski definition) is 0. The van der Waals surface area contributed by atoms with E-state index in [2.05, 4.69) is 54.3 Å². The monoisotopic (exact) mass is 502 g/mol. The maximum atomic E-state index is 14.9. The van der Waals surface area contributed by atoms with Crippen LogP contribution in [0.2, 0.25) is 18.1 Å². The van der Waals surface area contributed by atoms with Gasteiger partial charge in [-0.1, -0.05) is 65.0 Å². The van der Waals surface area contributed by atoms with E-state index in [-0.39, 0.29) is 33.5 Å². The second-order valence-corrected chi connectivity index (χ2v) is 20.3. The van der Waals surface area contributed by atoms with E-state index < -0.39 is 33.9 Å². The smallest absolute Gasteiger partial charge is 0.193 e. The van der Waals surface area contributed by atoms with Crippen molar-refractivity contribution in [2.45, 2.75) is 107 Å². The molecule has 0 radical (unpaired) electrons. The number of Topliss-reactive ketones (excluding diaryl/α,β-unsaturated/α-hetero) is 1. The molecule has 0 aliphatic heterocycles. The zero-order valence-corrected chi connectivity index (χ0v) is 24.1. The number of carbonyl (C=O) groups is 1. The van der Waals surface area contributed by atoms with Gasteiger partial charge in [0.15, 0.2) is 23.9 Å². The van der Waals surface area contributed by atoms with Crippen molar-refractivity contribution in [3.63, 3.8) is 0 Å². The van der Waals surface area contributed by atoms with Crippen LogP contribution >= 0.6 is 0 Å². The Hall–Kier alpha value is -1.24. The molecule has 3 fully saturated rings. The third-order valence-corrected chi connectivity index (χ3v) is 17.2. The lowest BCUT2D eigenvalue weighted by Crippen LogP contribution is -2.76. The van der Waals surface area contributed by atoms with Gasteiger partial charge in [0.1, 0.15) is 10.3 Å². The highest BCUT2D eigenvalue weighted by atomic mass is 32.2. The number of hydrogen-bond acceptors (Lipinski definition) is 4. The van der Waals surface area contributed by atoms with Crippen LogP contribution < -0.4 is 0 Å². The molecule has 3 aliphatic carbocycles. The van der Waals surface area contributed by atoms with Crippen LogP contribution in [-0.4, -0.2) is 32.9 Å². The predicted octanol–water partition coefficient (Wildman–Crippen LogP) is 6.73. The summed E-state index contributed by atoms with van der Waals surface area (Å²) in [6.45, 7) is 21.3. The van der Waals surface area contributed by atoms with Gasteiger partial charge in [0, 0.05) is 5.41 Å². The Balaban J connectivity index is 1.95. The first-order valence-corrected chi connectivity index (χ1v) is 17.0. The van der Waals surface area contributed by atoms with Gasteiger partial charge in [-0.3, -0.25) is 4.79 Å². The summed E-state index contributed by atoms with van der Waals surface area (Å²) in [5.41, 5.74) is -0.815. The van der Waals surface area contributed by atoms with E-state index in [4.69, 9.17) is 4.43 Å². The molecule has 3 aliphatic rings. The Morgan fingerprint density at radius 2 is 1.68 bits per heavy atom. The number of rotatable bonds is 5. The van der Waals surface area contributed by atoms with Gasteiger partial charge in [-0.05, 0) is 80.6 Å². The minimum Gasteiger partial charge on any atom is -0.404 e. The maximum absolute atomic E-state index is 14.9. The van der Waals surface area contributed by atoms with Crippen LogP contribution in [0.4, 0.5) is 0 Å². The fourth-order valence-electron chi connectivity index (χ4n) is 6.71. The average molecular weight is 503 g/mol. The zero-order valence-electron chi connectivity index (χ0n) is 22.2. The van der Waals surface area contributed by atoms with Crippen LogP contribution in [0.1, 0.15) is 73.6 Å². The van der Waals surface area contributed by atoms with Crippen LogP contribution in [0.3, 0.4) is 0 Å². The minimum absolute atomic E-state index is 0.0806. The molecule has 6 heteroatoms. The van der Waals surface area contributed by atoms with E-state index in [0.717, 1.165) is 12.0 Å². The summed E-state index contributed by atoms with van der Waals surface area (Å²) in [6.07, 6.45) is 3.16. The summed E-state index contributed by atoms with van der Waals surface area (Å²) in [4.78, 5) is 15.2. The molecule has 4 rings (SSSR count). The van der Waals surface area contributed by atoms with Crippen molar-refractivity contribution in [2.75, 3.05) is 0 Å². The van der Waals surface area contributed by atoms with Gasteiger partial charge in [-0.15, -0.1) is 0 Å². The first-order chi connectivity index (χ1) is 15.4. The fraction of sp³-hybridized carbons (Fsp3) is 0.679. The van der Waals surface area contributed by atoms with Crippen molar-refractivity contribution in [3.05, 3.63) is 42.5 Å². The molecule has 188 valence electrons. The van der Waals surface area contributed by atoms with E-state index >= 15 is 0 Å². The lowest BCUT2D eigenvalue weighted by molar-refractivity contribution is -0.193. The molecule has 1 aromatic rings. The average Bonchev–Trinajstić information content (AvgIpc) is 3.05. The second-order valence-electron chi connectivity index (χ2n) is 13.4. The number of benzene rings is 1. The normalized spacial score (nSPS) is 38.1. The molecule has 4 nitrogen and oxygen atoms in total. The second kappa shape index (κ2) is 7.39. The summed E-state index contributed by atoms with van der Waals surface area (Å²) in [5.74, 6) is -0.419. The van der Waals surface area contributed by atoms with Crippen molar-refractivity contribution in [2.24, 2.45) is 16.7 Å². The SMILES string of the molecule is C=C(C)[C@@]1(C)C[C@H]2C[C@]3(C)CC[C@]3(O[Si](C)(C)C(C)(C)C)C(=O)[C@@]2(S(=O)(=O)c2ccccc2)C1. The number of allylic oxidation sites excluding steroid dienone is 1. The van der Waals surface area contributed by atoms with Gasteiger partial charge in [0.25, 0.3) is 0 Å². The molecule has 0 amide bonds. The van der Waals surface area contributed by atoms with Crippen LogP contribution in [0, 0.1) is 16.7 Å². The fourth-order valence-corrected chi connectivity index (χ4v) is 10.8. The van der Waals surface area contributed by atoms with Gasteiger partial charge in [0.05, 0.1) is 4.90 Å². The van der Waals surface area contributed by atoms with Crippen molar-refractivity contribution in [1.29, 1.82) is 0 Å². The maximum Gasteiger partial charge on any atom is 0.193 e. The van der Waals surface area contributed by atoms with E-state index in [1.807, 2.05) is 13.0 Å². The first kappa shape index (κ1) is 25.8. The molecular formula is C28H42O4SSi. The third-order valence-electron chi connectivity index (χ3n) is 10.3. The van der Waals surface area contributed by atoms with E-state index in [0.29, 0.717) is 19.3 Å². The van der Waals surface area contributed by atoms with Crippen molar-refractivity contribution >= 4 is 23.9 Å². The van der Waals surface area contributed by atoms with Crippen LogP contribution in [0.5, 0.6) is 0 Å². The summed E-state index contributed by atoms with van der Waals surface area (Å²) >= 11 is 0. The van der Waals surface area contributed by atoms with Gasteiger partial charge >= 0.3 is 0 Å². The Bertz CT molecular complexity index is 1130. The van der Waals surface area contributed by atoms with Crippen LogP contribution in [0.15, 0.2) is 47.4 Å². The highest BCUT2D eigenvalue weighted by Gasteiger charge is 2.78. The Labute approximate surface area is 207 Å². The summed E-state index contributed by atoms with van der Waals surface area (Å²) in [7, 11) is -6.30. The number of fused-ring (bicyclic) bond motifs is 2. The van der Waals surface area contributed by atoms with E-state index in [9.17, 15) is 13.2 Å². The van der Waals surface area contributed by atoms with Crippen LogP contribution in [0.25, 0.3) is 0 Å². The molecule has 0 heterocycles.